The van der Waals surface area contributed by atoms with Crippen LogP contribution in [0.3, 0.4) is 0 Å². The monoisotopic (exact) mass is 214 g/mol. The molecule has 86 valence electrons. The van der Waals surface area contributed by atoms with E-state index in [1.165, 1.54) is 0 Å². The molecule has 0 aromatic rings. The second-order valence-corrected chi connectivity index (χ2v) is 3.40. The van der Waals surface area contributed by atoms with Crippen molar-refractivity contribution >= 4 is 5.90 Å². The van der Waals surface area contributed by atoms with Crippen molar-refractivity contribution in [3.63, 3.8) is 0 Å². The molecule has 2 unspecified atom stereocenters. The van der Waals surface area contributed by atoms with Crippen LogP contribution >= 0.6 is 0 Å². The van der Waals surface area contributed by atoms with Crippen molar-refractivity contribution in [2.24, 2.45) is 4.99 Å². The van der Waals surface area contributed by atoms with Gasteiger partial charge in [0.05, 0.1) is 19.8 Å². The summed E-state index contributed by atoms with van der Waals surface area (Å²) in [5, 5.41) is 8.85. The number of nitrogens with zero attached hydrogens (tertiary/aromatic N) is 2. The maximum absolute atomic E-state index is 8.85. The van der Waals surface area contributed by atoms with Gasteiger partial charge in [-0.15, -0.1) is 0 Å². The highest BCUT2D eigenvalue weighted by Gasteiger charge is 2.15. The Morgan fingerprint density at radius 1 is 1.60 bits per heavy atom. The molecule has 2 atom stereocenters. The molecule has 1 rings (SSSR count). The number of rotatable bonds is 4. The Hall–Kier alpha value is -1.07. The molecule has 1 aliphatic rings. The first-order valence-electron chi connectivity index (χ1n) is 4.96. The first kappa shape index (κ1) is 12.0. The quantitative estimate of drug-likeness (QED) is 0.743. The van der Waals surface area contributed by atoms with Gasteiger partial charge in [-0.1, -0.05) is 0 Å². The summed E-state index contributed by atoms with van der Waals surface area (Å²) in [6.45, 7) is 4.28. The Kier molecular flexibility index (Phi) is 4.58. The minimum atomic E-state index is -0.166. The van der Waals surface area contributed by atoms with E-state index in [2.05, 4.69) is 4.99 Å². The Labute approximate surface area is 90.0 Å². The zero-order valence-electron chi connectivity index (χ0n) is 9.38. The summed E-state index contributed by atoms with van der Waals surface area (Å²) in [6.07, 6.45) is 3.39. The lowest BCUT2D eigenvalue weighted by Gasteiger charge is -2.29. The summed E-state index contributed by atoms with van der Waals surface area (Å²) in [6, 6.07) is 0. The van der Waals surface area contributed by atoms with Gasteiger partial charge >= 0.3 is 0 Å². The van der Waals surface area contributed by atoms with Gasteiger partial charge in [-0.25, -0.2) is 4.99 Å². The van der Waals surface area contributed by atoms with E-state index in [-0.39, 0.29) is 18.9 Å². The highest BCUT2D eigenvalue weighted by Crippen LogP contribution is 2.08. The average molecular weight is 214 g/mol. The SMILES string of the molecule is COC1=NCN(C(C)OC(C)CO)C=C1. The van der Waals surface area contributed by atoms with E-state index < -0.39 is 0 Å². The molecule has 0 aliphatic carbocycles. The third-order valence-corrected chi connectivity index (χ3v) is 2.16. The van der Waals surface area contributed by atoms with Crippen molar-refractivity contribution in [1.82, 2.24) is 4.90 Å². The molecule has 0 aromatic carbocycles. The largest absolute Gasteiger partial charge is 0.481 e. The van der Waals surface area contributed by atoms with E-state index in [0.717, 1.165) is 0 Å². The van der Waals surface area contributed by atoms with Gasteiger partial charge < -0.3 is 19.5 Å². The Morgan fingerprint density at radius 2 is 2.33 bits per heavy atom. The van der Waals surface area contributed by atoms with Gasteiger partial charge in [0.1, 0.15) is 12.9 Å². The zero-order chi connectivity index (χ0) is 11.3. The molecule has 1 N–H and O–H groups in total. The lowest BCUT2D eigenvalue weighted by Crippen LogP contribution is -2.36. The maximum Gasteiger partial charge on any atom is 0.211 e. The molecule has 5 nitrogen and oxygen atoms in total. The summed E-state index contributed by atoms with van der Waals surface area (Å²) >= 11 is 0. The van der Waals surface area contributed by atoms with Crippen LogP contribution in [0.4, 0.5) is 0 Å². The molecule has 0 aromatic heterocycles. The van der Waals surface area contributed by atoms with Crippen molar-refractivity contribution in [2.45, 2.75) is 26.2 Å². The molecule has 0 radical (unpaired) electrons. The fourth-order valence-electron chi connectivity index (χ4n) is 1.24. The van der Waals surface area contributed by atoms with Crippen LogP contribution in [-0.2, 0) is 9.47 Å². The van der Waals surface area contributed by atoms with Gasteiger partial charge in [0.2, 0.25) is 5.90 Å². The Morgan fingerprint density at radius 3 is 2.80 bits per heavy atom. The fourth-order valence-corrected chi connectivity index (χ4v) is 1.24. The van der Waals surface area contributed by atoms with Gasteiger partial charge in [-0.3, -0.25) is 0 Å². The summed E-state index contributed by atoms with van der Waals surface area (Å²) in [5.41, 5.74) is 0. The van der Waals surface area contributed by atoms with Crippen LogP contribution in [0, 0.1) is 0 Å². The molecule has 0 saturated carbocycles. The molecule has 15 heavy (non-hydrogen) atoms. The van der Waals surface area contributed by atoms with Crippen LogP contribution in [0.5, 0.6) is 0 Å². The summed E-state index contributed by atoms with van der Waals surface area (Å²) in [7, 11) is 1.59. The molecule has 1 heterocycles. The predicted octanol–water partition coefficient (Wildman–Crippen LogP) is 0.561. The van der Waals surface area contributed by atoms with E-state index in [0.29, 0.717) is 12.6 Å². The van der Waals surface area contributed by atoms with Crippen LogP contribution in [-0.4, -0.2) is 48.6 Å². The first-order valence-corrected chi connectivity index (χ1v) is 4.96. The summed E-state index contributed by atoms with van der Waals surface area (Å²) < 4.78 is 10.5. The van der Waals surface area contributed by atoms with Gasteiger partial charge in [0, 0.05) is 12.3 Å². The molecule has 0 fully saturated rings. The molecule has 0 bridgehead atoms. The van der Waals surface area contributed by atoms with Crippen LogP contribution in [0.2, 0.25) is 0 Å². The first-order chi connectivity index (χ1) is 7.17. The van der Waals surface area contributed by atoms with Crippen LogP contribution in [0.15, 0.2) is 17.3 Å². The number of hydrogen-bond acceptors (Lipinski definition) is 5. The van der Waals surface area contributed by atoms with E-state index in [4.69, 9.17) is 14.6 Å². The second kappa shape index (κ2) is 5.72. The fraction of sp³-hybridized carbons (Fsp3) is 0.700. The third-order valence-electron chi connectivity index (χ3n) is 2.16. The average Bonchev–Trinajstić information content (AvgIpc) is 2.29. The number of methoxy groups -OCH3 is 1. The molecular formula is C10H18N2O3. The molecule has 5 heteroatoms. The molecular weight excluding hydrogens is 196 g/mol. The lowest BCUT2D eigenvalue weighted by atomic mass is 10.4. The van der Waals surface area contributed by atoms with Gasteiger partial charge in [-0.05, 0) is 13.8 Å². The second-order valence-electron chi connectivity index (χ2n) is 3.40. The number of aliphatic hydroxyl groups excluding tert-OH is 1. The Bertz CT molecular complexity index is 253. The Balaban J connectivity index is 2.41. The van der Waals surface area contributed by atoms with Gasteiger partial charge in [0.25, 0.3) is 0 Å². The van der Waals surface area contributed by atoms with Gasteiger partial charge in [-0.2, -0.15) is 0 Å². The molecule has 0 spiro atoms. The zero-order valence-corrected chi connectivity index (χ0v) is 9.38. The highest BCUT2D eigenvalue weighted by atomic mass is 16.5. The van der Waals surface area contributed by atoms with Crippen molar-refractivity contribution in [3.05, 3.63) is 12.3 Å². The maximum atomic E-state index is 8.85. The van der Waals surface area contributed by atoms with Gasteiger partial charge in [0.15, 0.2) is 0 Å². The minimum absolute atomic E-state index is 0.0223. The molecule has 0 amide bonds. The van der Waals surface area contributed by atoms with Crippen molar-refractivity contribution in [2.75, 3.05) is 20.4 Å². The highest BCUT2D eigenvalue weighted by molar-refractivity contribution is 5.87. The normalized spacial score (nSPS) is 19.7. The van der Waals surface area contributed by atoms with Crippen molar-refractivity contribution < 1.29 is 14.6 Å². The lowest BCUT2D eigenvalue weighted by molar-refractivity contribution is -0.0803. The molecule has 1 aliphatic heterocycles. The number of aliphatic imine (C=N–C) groups is 1. The topological polar surface area (TPSA) is 54.3 Å². The standard InChI is InChI=1S/C10H18N2O3/c1-8(6-13)15-9(2)12-5-4-10(14-3)11-7-12/h4-5,8-9,13H,6-7H2,1-3H3. The van der Waals surface area contributed by atoms with Crippen LogP contribution in [0.1, 0.15) is 13.8 Å². The van der Waals surface area contributed by atoms with E-state index in [1.54, 1.807) is 13.2 Å². The molecule has 0 saturated heterocycles. The third kappa shape index (κ3) is 3.53. The van der Waals surface area contributed by atoms with E-state index >= 15 is 0 Å². The van der Waals surface area contributed by atoms with E-state index in [1.807, 2.05) is 24.9 Å². The summed E-state index contributed by atoms with van der Waals surface area (Å²) in [4.78, 5) is 6.10. The predicted molar refractivity (Wildman–Crippen MR) is 57.4 cm³/mol. The van der Waals surface area contributed by atoms with Crippen LogP contribution in [0.25, 0.3) is 0 Å². The van der Waals surface area contributed by atoms with Crippen LogP contribution < -0.4 is 0 Å². The summed E-state index contributed by atoms with van der Waals surface area (Å²) in [5.74, 6) is 0.619. The smallest absolute Gasteiger partial charge is 0.211 e. The number of hydrogen-bond donors (Lipinski definition) is 1. The van der Waals surface area contributed by atoms with E-state index in [9.17, 15) is 0 Å². The number of ether oxygens (including phenoxy) is 2. The number of aliphatic hydroxyl groups is 1. The van der Waals surface area contributed by atoms with Crippen molar-refractivity contribution in [1.29, 1.82) is 0 Å². The minimum Gasteiger partial charge on any atom is -0.481 e. The van der Waals surface area contributed by atoms with Crippen molar-refractivity contribution in [3.8, 4) is 0 Å².